The first kappa shape index (κ1) is 30.9. The zero-order chi connectivity index (χ0) is 31.5. The SMILES string of the molecule is COc1ccc([C@@H](Nc2nc(Nc3ccc4c(c3)c(N(C)C)nn4C)c(C#N)cc2F)[C@H](C)NC(=O)OC(C)(C)C)cc1. The molecule has 0 fully saturated rings. The van der Waals surface area contributed by atoms with Crippen LogP contribution >= 0.6 is 0 Å². The molecule has 4 aromatic rings. The largest absolute Gasteiger partial charge is 0.497 e. The molecule has 12 heteroatoms. The number of methoxy groups -OCH3 is 1. The first-order valence-corrected chi connectivity index (χ1v) is 13.7. The van der Waals surface area contributed by atoms with Crippen LogP contribution in [0.2, 0.25) is 0 Å². The van der Waals surface area contributed by atoms with Gasteiger partial charge in [0.25, 0.3) is 0 Å². The van der Waals surface area contributed by atoms with Crippen molar-refractivity contribution < 1.29 is 18.7 Å². The van der Waals surface area contributed by atoms with Crippen molar-refractivity contribution in [3.8, 4) is 11.8 Å². The average molecular weight is 589 g/mol. The second kappa shape index (κ2) is 12.4. The van der Waals surface area contributed by atoms with Gasteiger partial charge >= 0.3 is 6.09 Å². The van der Waals surface area contributed by atoms with E-state index in [-0.39, 0.29) is 17.2 Å². The third-order valence-corrected chi connectivity index (χ3v) is 6.63. The Morgan fingerprint density at radius 3 is 2.42 bits per heavy atom. The topological polar surface area (TPSA) is 129 Å². The lowest BCUT2D eigenvalue weighted by Crippen LogP contribution is -2.42. The molecule has 2 aromatic carbocycles. The summed E-state index contributed by atoms with van der Waals surface area (Å²) < 4.78 is 27.9. The lowest BCUT2D eigenvalue weighted by Gasteiger charge is -2.29. The molecule has 226 valence electrons. The number of pyridine rings is 1. The Hall–Kier alpha value is -5.05. The summed E-state index contributed by atoms with van der Waals surface area (Å²) in [6.45, 7) is 7.09. The molecule has 2 aromatic heterocycles. The molecule has 0 radical (unpaired) electrons. The number of hydrogen-bond acceptors (Lipinski definition) is 9. The van der Waals surface area contributed by atoms with E-state index >= 15 is 4.39 Å². The van der Waals surface area contributed by atoms with Gasteiger partial charge in [0, 0.05) is 32.2 Å². The molecule has 0 saturated heterocycles. The molecule has 0 saturated carbocycles. The Labute approximate surface area is 250 Å². The monoisotopic (exact) mass is 588 g/mol. The number of carbonyl (C=O) groups is 1. The standard InChI is InChI=1S/C31H37FN8O3/c1-18(34-30(41)43-31(2,3)4)26(19-9-12-22(42-8)13-10-19)36-28-24(32)15-20(17-33)27(37-28)35-21-11-14-25-23(16-21)29(39(5)6)38-40(25)7/h9-16,18,26H,1-8H3,(H,34,41)(H2,35,36,37)/t18-,26-/m0/s1. The highest BCUT2D eigenvalue weighted by atomic mass is 19.1. The van der Waals surface area contributed by atoms with E-state index in [1.807, 2.05) is 62.4 Å². The molecule has 2 atom stereocenters. The van der Waals surface area contributed by atoms with E-state index in [1.165, 1.54) is 0 Å². The molecule has 0 unspecified atom stereocenters. The smallest absolute Gasteiger partial charge is 0.407 e. The minimum Gasteiger partial charge on any atom is -0.497 e. The molecule has 0 spiro atoms. The maximum Gasteiger partial charge on any atom is 0.407 e. The second-order valence-corrected chi connectivity index (χ2v) is 11.4. The van der Waals surface area contributed by atoms with Crippen molar-refractivity contribution >= 4 is 40.1 Å². The Morgan fingerprint density at radius 2 is 1.81 bits per heavy atom. The molecular formula is C31H37FN8O3. The van der Waals surface area contributed by atoms with Gasteiger partial charge in [-0.25, -0.2) is 14.2 Å². The van der Waals surface area contributed by atoms with Crippen LogP contribution in [0.1, 0.15) is 44.9 Å². The molecule has 0 aliphatic rings. The first-order chi connectivity index (χ1) is 20.3. The van der Waals surface area contributed by atoms with Gasteiger partial charge in [0.05, 0.1) is 30.3 Å². The van der Waals surface area contributed by atoms with Crippen LogP contribution in [0.15, 0.2) is 48.5 Å². The minimum absolute atomic E-state index is 0.0306. The van der Waals surface area contributed by atoms with Crippen molar-refractivity contribution in [1.82, 2.24) is 20.1 Å². The van der Waals surface area contributed by atoms with Crippen molar-refractivity contribution in [1.29, 1.82) is 5.26 Å². The van der Waals surface area contributed by atoms with Gasteiger partial charge < -0.3 is 30.3 Å². The fourth-order valence-corrected chi connectivity index (χ4v) is 4.59. The highest BCUT2D eigenvalue weighted by molar-refractivity contribution is 5.93. The van der Waals surface area contributed by atoms with Crippen molar-refractivity contribution in [3.05, 3.63) is 65.5 Å². The van der Waals surface area contributed by atoms with E-state index < -0.39 is 29.6 Å². The number of amides is 1. The van der Waals surface area contributed by atoms with Gasteiger partial charge in [-0.1, -0.05) is 12.1 Å². The molecule has 11 nitrogen and oxygen atoms in total. The summed E-state index contributed by atoms with van der Waals surface area (Å²) in [5, 5.41) is 24.4. The fourth-order valence-electron chi connectivity index (χ4n) is 4.59. The summed E-state index contributed by atoms with van der Waals surface area (Å²) >= 11 is 0. The van der Waals surface area contributed by atoms with Gasteiger partial charge in [0.15, 0.2) is 23.3 Å². The second-order valence-electron chi connectivity index (χ2n) is 11.4. The molecule has 4 rings (SSSR count). The van der Waals surface area contributed by atoms with E-state index in [0.717, 1.165) is 28.4 Å². The van der Waals surface area contributed by atoms with E-state index in [2.05, 4.69) is 26.0 Å². The predicted molar refractivity (Wildman–Crippen MR) is 165 cm³/mol. The van der Waals surface area contributed by atoms with Gasteiger partial charge in [-0.2, -0.15) is 10.4 Å². The highest BCUT2D eigenvalue weighted by Crippen LogP contribution is 2.31. The number of halogens is 1. The number of ether oxygens (including phenoxy) is 2. The number of carbonyl (C=O) groups excluding carboxylic acids is 1. The number of fused-ring (bicyclic) bond motifs is 1. The number of aromatic nitrogens is 3. The third-order valence-electron chi connectivity index (χ3n) is 6.63. The van der Waals surface area contributed by atoms with E-state index in [0.29, 0.717) is 11.4 Å². The Kier molecular flexibility index (Phi) is 8.94. The molecule has 0 aliphatic heterocycles. The molecule has 0 aliphatic carbocycles. The van der Waals surface area contributed by atoms with Gasteiger partial charge in [0.2, 0.25) is 0 Å². The number of aryl methyl sites for hydroxylation is 1. The summed E-state index contributed by atoms with van der Waals surface area (Å²) in [7, 11) is 7.25. The molecule has 2 heterocycles. The van der Waals surface area contributed by atoms with Crippen molar-refractivity contribution in [3.63, 3.8) is 0 Å². The number of nitrogens with zero attached hydrogens (tertiary/aromatic N) is 5. The Bertz CT molecular complexity index is 1660. The van der Waals surface area contributed by atoms with Crippen LogP contribution in [-0.2, 0) is 11.8 Å². The van der Waals surface area contributed by atoms with Crippen LogP contribution in [0.3, 0.4) is 0 Å². The zero-order valence-corrected chi connectivity index (χ0v) is 25.6. The molecule has 3 N–H and O–H groups in total. The van der Waals surface area contributed by atoms with E-state index in [4.69, 9.17) is 9.47 Å². The quantitative estimate of drug-likeness (QED) is 0.220. The number of alkyl carbamates (subject to hydrolysis) is 1. The minimum atomic E-state index is -0.720. The van der Waals surface area contributed by atoms with Gasteiger partial charge in [-0.05, 0) is 69.7 Å². The lowest BCUT2D eigenvalue weighted by atomic mass is 10.00. The van der Waals surface area contributed by atoms with Crippen LogP contribution < -0.4 is 25.6 Å². The van der Waals surface area contributed by atoms with Crippen molar-refractivity contribution in [2.75, 3.05) is 36.7 Å². The van der Waals surface area contributed by atoms with E-state index in [1.54, 1.807) is 51.6 Å². The number of anilines is 4. The van der Waals surface area contributed by atoms with E-state index in [9.17, 15) is 10.1 Å². The number of benzene rings is 2. The summed E-state index contributed by atoms with van der Waals surface area (Å²) in [5.74, 6) is 0.777. The lowest BCUT2D eigenvalue weighted by molar-refractivity contribution is 0.0503. The summed E-state index contributed by atoms with van der Waals surface area (Å²) in [4.78, 5) is 19.0. The molecule has 1 amide bonds. The van der Waals surface area contributed by atoms with Gasteiger partial charge in [-0.15, -0.1) is 0 Å². The Balaban J connectivity index is 1.69. The Morgan fingerprint density at radius 1 is 1.12 bits per heavy atom. The summed E-state index contributed by atoms with van der Waals surface area (Å²) in [5.41, 5.74) is 1.65. The van der Waals surface area contributed by atoms with Gasteiger partial charge in [-0.3, -0.25) is 4.68 Å². The number of nitriles is 1. The number of rotatable bonds is 9. The molecule has 43 heavy (non-hydrogen) atoms. The van der Waals surface area contributed by atoms with Gasteiger partial charge in [0.1, 0.15) is 17.4 Å². The maximum absolute atomic E-state index is 15.4. The van der Waals surface area contributed by atoms with Crippen molar-refractivity contribution in [2.24, 2.45) is 7.05 Å². The van der Waals surface area contributed by atoms with Crippen LogP contribution in [0, 0.1) is 17.1 Å². The van der Waals surface area contributed by atoms with Crippen LogP contribution in [-0.4, -0.2) is 53.7 Å². The third kappa shape index (κ3) is 7.24. The maximum atomic E-state index is 15.4. The molecular weight excluding hydrogens is 551 g/mol. The summed E-state index contributed by atoms with van der Waals surface area (Å²) in [6.07, 6.45) is -0.612. The molecule has 0 bridgehead atoms. The zero-order valence-electron chi connectivity index (χ0n) is 25.6. The number of hydrogen-bond donors (Lipinski definition) is 3. The highest BCUT2D eigenvalue weighted by Gasteiger charge is 2.26. The van der Waals surface area contributed by atoms with Crippen LogP contribution in [0.5, 0.6) is 5.75 Å². The summed E-state index contributed by atoms with van der Waals surface area (Å²) in [6, 6.07) is 14.8. The first-order valence-electron chi connectivity index (χ1n) is 13.7. The predicted octanol–water partition coefficient (Wildman–Crippen LogP) is 5.86. The number of nitrogens with one attached hydrogen (secondary N) is 3. The fraction of sp³-hybridized carbons (Fsp3) is 0.355. The average Bonchev–Trinajstić information content (AvgIpc) is 3.27. The van der Waals surface area contributed by atoms with Crippen LogP contribution in [0.4, 0.5) is 32.3 Å². The van der Waals surface area contributed by atoms with Crippen molar-refractivity contribution in [2.45, 2.75) is 45.4 Å². The van der Waals surface area contributed by atoms with Crippen LogP contribution in [0.25, 0.3) is 10.9 Å². The normalized spacial score (nSPS) is 12.7.